The lowest BCUT2D eigenvalue weighted by Crippen LogP contribution is -2.48. The van der Waals surface area contributed by atoms with Crippen LogP contribution >= 0.6 is 34.8 Å². The molecule has 0 spiro atoms. The molecule has 4 nitrogen and oxygen atoms in total. The van der Waals surface area contributed by atoms with Crippen molar-refractivity contribution in [2.24, 2.45) is 0 Å². The molecule has 8 heteroatoms. The van der Waals surface area contributed by atoms with Crippen LogP contribution in [0.2, 0.25) is 10.0 Å². The number of morpholine rings is 1. The maximum absolute atomic E-state index is 12.8. The van der Waals surface area contributed by atoms with Crippen molar-refractivity contribution in [3.05, 3.63) is 27.7 Å². The minimum Gasteiger partial charge on any atom is -0.373 e. The molecule has 1 aliphatic heterocycles. The van der Waals surface area contributed by atoms with Gasteiger partial charge in [0.25, 0.3) is 0 Å². The largest absolute Gasteiger partial charge is 0.373 e. The summed E-state index contributed by atoms with van der Waals surface area (Å²) >= 11 is 17.9. The fourth-order valence-electron chi connectivity index (χ4n) is 2.37. The lowest BCUT2D eigenvalue weighted by Gasteiger charge is -2.34. The summed E-state index contributed by atoms with van der Waals surface area (Å²) in [4.78, 5) is -0.00591. The van der Waals surface area contributed by atoms with Crippen molar-refractivity contribution in [1.82, 2.24) is 4.31 Å². The third-order valence-electron chi connectivity index (χ3n) is 3.23. The summed E-state index contributed by atoms with van der Waals surface area (Å²) in [5.41, 5.74) is 0.499. The topological polar surface area (TPSA) is 46.6 Å². The van der Waals surface area contributed by atoms with E-state index in [2.05, 4.69) is 0 Å². The number of hydrogen-bond acceptors (Lipinski definition) is 3. The molecule has 0 radical (unpaired) electrons. The second-order valence-corrected chi connectivity index (χ2v) is 8.08. The molecule has 0 amide bonds. The van der Waals surface area contributed by atoms with Crippen molar-refractivity contribution in [2.45, 2.75) is 36.8 Å². The normalized spacial score (nSPS) is 24.2. The van der Waals surface area contributed by atoms with Gasteiger partial charge in [-0.25, -0.2) is 8.42 Å². The Balaban J connectivity index is 2.47. The Morgan fingerprint density at radius 3 is 2.33 bits per heavy atom. The maximum Gasteiger partial charge on any atom is 0.244 e. The summed E-state index contributed by atoms with van der Waals surface area (Å²) in [6, 6.07) is 2.93. The highest BCUT2D eigenvalue weighted by molar-refractivity contribution is 7.89. The van der Waals surface area contributed by atoms with Crippen LogP contribution in [-0.4, -0.2) is 38.0 Å². The molecule has 1 fully saturated rings. The minimum atomic E-state index is -3.74. The lowest BCUT2D eigenvalue weighted by atomic mass is 10.2. The van der Waals surface area contributed by atoms with Gasteiger partial charge in [0, 0.05) is 24.0 Å². The van der Waals surface area contributed by atoms with Gasteiger partial charge in [0.15, 0.2) is 0 Å². The fraction of sp³-hybridized carbons (Fsp3) is 0.538. The van der Waals surface area contributed by atoms with Gasteiger partial charge in [-0.3, -0.25) is 0 Å². The Labute approximate surface area is 140 Å². The van der Waals surface area contributed by atoms with E-state index in [9.17, 15) is 8.42 Å². The summed E-state index contributed by atoms with van der Waals surface area (Å²) in [5, 5.41) is 0.421. The van der Waals surface area contributed by atoms with E-state index in [1.807, 2.05) is 13.8 Å². The molecule has 0 aliphatic carbocycles. The minimum absolute atomic E-state index is 0.00591. The zero-order valence-electron chi connectivity index (χ0n) is 11.6. The summed E-state index contributed by atoms with van der Waals surface area (Å²) < 4.78 is 32.5. The third kappa shape index (κ3) is 3.66. The molecule has 2 rings (SSSR count). The molecule has 2 atom stereocenters. The molecule has 1 aliphatic rings. The van der Waals surface area contributed by atoms with Crippen LogP contribution in [-0.2, 0) is 20.6 Å². The molecule has 21 heavy (non-hydrogen) atoms. The molecule has 1 aromatic rings. The van der Waals surface area contributed by atoms with Crippen molar-refractivity contribution in [3.8, 4) is 0 Å². The summed E-state index contributed by atoms with van der Waals surface area (Å²) in [7, 11) is -3.74. The Morgan fingerprint density at radius 1 is 1.24 bits per heavy atom. The van der Waals surface area contributed by atoms with Gasteiger partial charge in [-0.05, 0) is 31.5 Å². The molecule has 0 aromatic heterocycles. The molecular weight excluding hydrogens is 357 g/mol. The first-order valence-corrected chi connectivity index (χ1v) is 9.18. The quantitative estimate of drug-likeness (QED) is 0.763. The average molecular weight is 373 g/mol. The third-order valence-corrected chi connectivity index (χ3v) is 6.15. The fourth-order valence-corrected chi connectivity index (χ4v) is 5.15. The molecule has 0 bridgehead atoms. The van der Waals surface area contributed by atoms with E-state index in [4.69, 9.17) is 39.5 Å². The predicted octanol–water partition coefficient (Wildman–Crippen LogP) is 3.53. The van der Waals surface area contributed by atoms with Crippen molar-refractivity contribution in [2.75, 3.05) is 13.1 Å². The molecule has 0 saturated carbocycles. The zero-order valence-corrected chi connectivity index (χ0v) is 14.7. The average Bonchev–Trinajstić information content (AvgIpc) is 2.39. The van der Waals surface area contributed by atoms with Gasteiger partial charge in [-0.15, -0.1) is 11.6 Å². The first-order valence-electron chi connectivity index (χ1n) is 6.45. The van der Waals surface area contributed by atoms with Crippen molar-refractivity contribution < 1.29 is 13.2 Å². The van der Waals surface area contributed by atoms with E-state index in [1.165, 1.54) is 10.4 Å². The molecule has 1 saturated heterocycles. The highest BCUT2D eigenvalue weighted by atomic mass is 35.5. The van der Waals surface area contributed by atoms with Crippen LogP contribution in [0.15, 0.2) is 17.0 Å². The van der Waals surface area contributed by atoms with Gasteiger partial charge in [0.2, 0.25) is 10.0 Å². The van der Waals surface area contributed by atoms with E-state index >= 15 is 0 Å². The first kappa shape index (κ1) is 17.3. The van der Waals surface area contributed by atoms with E-state index in [0.717, 1.165) is 0 Å². The second-order valence-electron chi connectivity index (χ2n) is 5.09. The van der Waals surface area contributed by atoms with Crippen LogP contribution in [0.4, 0.5) is 0 Å². The second kappa shape index (κ2) is 6.60. The molecular formula is C13H16Cl3NO3S. The number of ether oxygens (including phenoxy) is 1. The number of hydrogen-bond donors (Lipinski definition) is 0. The molecule has 1 heterocycles. The molecule has 2 unspecified atom stereocenters. The number of nitrogens with zero attached hydrogens (tertiary/aromatic N) is 1. The van der Waals surface area contributed by atoms with Gasteiger partial charge >= 0.3 is 0 Å². The van der Waals surface area contributed by atoms with Crippen molar-refractivity contribution >= 4 is 44.8 Å². The number of sulfonamides is 1. The number of benzene rings is 1. The highest BCUT2D eigenvalue weighted by Gasteiger charge is 2.34. The number of alkyl halides is 1. The van der Waals surface area contributed by atoms with Crippen LogP contribution in [0.5, 0.6) is 0 Å². The number of halogens is 3. The smallest absolute Gasteiger partial charge is 0.244 e. The van der Waals surface area contributed by atoms with E-state index in [1.54, 1.807) is 6.07 Å². The van der Waals surface area contributed by atoms with Crippen molar-refractivity contribution in [1.29, 1.82) is 0 Å². The first-order chi connectivity index (χ1) is 9.75. The number of rotatable bonds is 3. The van der Waals surface area contributed by atoms with Gasteiger partial charge in [-0.1, -0.05) is 23.2 Å². The highest BCUT2D eigenvalue weighted by Crippen LogP contribution is 2.33. The van der Waals surface area contributed by atoms with Crippen LogP contribution in [0.3, 0.4) is 0 Å². The summed E-state index contributed by atoms with van der Waals surface area (Å²) in [6.07, 6.45) is -0.344. The van der Waals surface area contributed by atoms with Gasteiger partial charge in [-0.2, -0.15) is 4.31 Å². The van der Waals surface area contributed by atoms with E-state index in [0.29, 0.717) is 10.6 Å². The monoisotopic (exact) mass is 371 g/mol. The predicted molar refractivity (Wildman–Crippen MR) is 84.8 cm³/mol. The molecule has 0 N–H and O–H groups in total. The maximum atomic E-state index is 12.8. The Hall–Kier alpha value is -0.0400. The van der Waals surface area contributed by atoms with Gasteiger partial charge < -0.3 is 4.74 Å². The van der Waals surface area contributed by atoms with Crippen LogP contribution in [0.1, 0.15) is 19.4 Å². The summed E-state index contributed by atoms with van der Waals surface area (Å²) in [6.45, 7) is 4.24. The molecule has 118 valence electrons. The Kier molecular flexibility index (Phi) is 5.45. The van der Waals surface area contributed by atoms with Crippen LogP contribution in [0.25, 0.3) is 0 Å². The van der Waals surface area contributed by atoms with Gasteiger partial charge in [0.05, 0.1) is 17.2 Å². The summed E-state index contributed by atoms with van der Waals surface area (Å²) in [5.74, 6) is 0.0951. The Bertz CT molecular complexity index is 626. The zero-order chi connectivity index (χ0) is 15.8. The lowest BCUT2D eigenvalue weighted by molar-refractivity contribution is -0.0440. The molecule has 1 aromatic carbocycles. The van der Waals surface area contributed by atoms with Crippen molar-refractivity contribution in [3.63, 3.8) is 0 Å². The van der Waals surface area contributed by atoms with E-state index < -0.39 is 10.0 Å². The van der Waals surface area contributed by atoms with Crippen LogP contribution in [0, 0.1) is 0 Å². The van der Waals surface area contributed by atoms with Crippen LogP contribution < -0.4 is 0 Å². The van der Waals surface area contributed by atoms with E-state index in [-0.39, 0.29) is 41.1 Å². The standard InChI is InChI=1S/C13H16Cl3NO3S/c1-8-6-17(7-9(2)20-8)21(18,19)12-4-11(15)3-10(5-14)13(12)16/h3-4,8-9H,5-7H2,1-2H3. The van der Waals surface area contributed by atoms with Gasteiger partial charge in [0.1, 0.15) is 4.90 Å². The SMILES string of the molecule is CC1CN(S(=O)(=O)c2cc(Cl)cc(CCl)c2Cl)CC(C)O1. The Morgan fingerprint density at radius 2 is 1.81 bits per heavy atom.